The van der Waals surface area contributed by atoms with Crippen LogP contribution in [0, 0.1) is 11.7 Å². The molecule has 1 aromatic carbocycles. The van der Waals surface area contributed by atoms with Gasteiger partial charge in [0.05, 0.1) is 12.7 Å². The number of aliphatic hydroxyl groups excluding tert-OH is 1. The van der Waals surface area contributed by atoms with E-state index in [9.17, 15) is 9.50 Å². The van der Waals surface area contributed by atoms with Gasteiger partial charge >= 0.3 is 0 Å². The van der Waals surface area contributed by atoms with Crippen molar-refractivity contribution in [2.24, 2.45) is 5.92 Å². The predicted molar refractivity (Wildman–Crippen MR) is 84.5 cm³/mol. The van der Waals surface area contributed by atoms with Crippen LogP contribution in [0.25, 0.3) is 0 Å². The Kier molecular flexibility index (Phi) is 5.32. The lowest BCUT2D eigenvalue weighted by atomic mass is 9.76. The van der Waals surface area contributed by atoms with Gasteiger partial charge in [0.1, 0.15) is 11.6 Å². The van der Waals surface area contributed by atoms with Gasteiger partial charge in [0.15, 0.2) is 0 Å². The first-order valence-electron chi connectivity index (χ1n) is 8.54. The molecule has 0 spiro atoms. The number of nitrogens with zero attached hydrogens (tertiary/aromatic N) is 1. The molecule has 1 heterocycles. The van der Waals surface area contributed by atoms with Gasteiger partial charge in [-0.25, -0.2) is 4.39 Å². The van der Waals surface area contributed by atoms with Gasteiger partial charge in [0.25, 0.3) is 0 Å². The van der Waals surface area contributed by atoms with Gasteiger partial charge in [0, 0.05) is 25.0 Å². The fourth-order valence-electron chi connectivity index (χ4n) is 3.99. The molecule has 3 nitrogen and oxygen atoms in total. The van der Waals surface area contributed by atoms with Gasteiger partial charge in [-0.15, -0.1) is 0 Å². The molecule has 122 valence electrons. The van der Waals surface area contributed by atoms with E-state index in [0.717, 1.165) is 31.7 Å². The highest BCUT2D eigenvalue weighted by atomic mass is 19.1. The van der Waals surface area contributed by atoms with Crippen molar-refractivity contribution in [3.63, 3.8) is 0 Å². The Bertz CT molecular complexity index is 465. The van der Waals surface area contributed by atoms with Crippen LogP contribution in [0.1, 0.15) is 38.5 Å². The standard InChI is InChI=1S/C18H26FNO2/c19-14-6-8-15(9-7-14)22-13-3-11-20-12-10-18(21)16-4-1-2-5-17(16)20/h6-9,16-18,21H,1-5,10-13H2. The Morgan fingerprint density at radius 1 is 1.14 bits per heavy atom. The molecule has 1 saturated carbocycles. The fraction of sp³-hybridized carbons (Fsp3) is 0.667. The first-order valence-corrected chi connectivity index (χ1v) is 8.54. The Hall–Kier alpha value is -1.13. The molecular weight excluding hydrogens is 281 g/mol. The van der Waals surface area contributed by atoms with Crippen LogP contribution in [0.3, 0.4) is 0 Å². The molecule has 0 bridgehead atoms. The van der Waals surface area contributed by atoms with Crippen molar-refractivity contribution in [3.8, 4) is 5.75 Å². The monoisotopic (exact) mass is 307 g/mol. The molecule has 1 saturated heterocycles. The zero-order valence-electron chi connectivity index (χ0n) is 13.1. The summed E-state index contributed by atoms with van der Waals surface area (Å²) in [6.45, 7) is 2.68. The number of rotatable bonds is 5. The van der Waals surface area contributed by atoms with Crippen molar-refractivity contribution >= 4 is 0 Å². The molecule has 1 N–H and O–H groups in total. The fourth-order valence-corrected chi connectivity index (χ4v) is 3.99. The normalized spacial score (nSPS) is 29.1. The molecule has 3 rings (SSSR count). The Morgan fingerprint density at radius 2 is 1.91 bits per heavy atom. The SMILES string of the molecule is OC1CCN(CCCOc2ccc(F)cc2)C2CCCCC12. The number of aliphatic hydroxyl groups is 1. The zero-order chi connectivity index (χ0) is 15.4. The van der Waals surface area contributed by atoms with E-state index >= 15 is 0 Å². The Morgan fingerprint density at radius 3 is 2.73 bits per heavy atom. The summed E-state index contributed by atoms with van der Waals surface area (Å²) in [5, 5.41) is 10.2. The minimum atomic E-state index is -0.234. The van der Waals surface area contributed by atoms with Gasteiger partial charge in [-0.2, -0.15) is 0 Å². The maximum Gasteiger partial charge on any atom is 0.123 e. The van der Waals surface area contributed by atoms with Crippen molar-refractivity contribution in [1.82, 2.24) is 4.90 Å². The smallest absolute Gasteiger partial charge is 0.123 e. The number of ether oxygens (including phenoxy) is 1. The molecule has 0 radical (unpaired) electrons. The van der Waals surface area contributed by atoms with Crippen LogP contribution in [0.2, 0.25) is 0 Å². The van der Waals surface area contributed by atoms with Crippen molar-refractivity contribution < 1.29 is 14.2 Å². The summed E-state index contributed by atoms with van der Waals surface area (Å²) in [5.74, 6) is 0.967. The lowest BCUT2D eigenvalue weighted by Crippen LogP contribution is -2.52. The van der Waals surface area contributed by atoms with Crippen molar-refractivity contribution in [2.45, 2.75) is 50.7 Å². The van der Waals surface area contributed by atoms with Crippen molar-refractivity contribution in [3.05, 3.63) is 30.1 Å². The van der Waals surface area contributed by atoms with Crippen LogP contribution in [-0.4, -0.2) is 41.8 Å². The minimum absolute atomic E-state index is 0.1000. The number of benzene rings is 1. The second kappa shape index (κ2) is 7.42. The zero-order valence-corrected chi connectivity index (χ0v) is 13.1. The molecule has 1 aliphatic heterocycles. The van der Waals surface area contributed by atoms with Gasteiger partial charge in [-0.05, 0) is 49.9 Å². The number of fused-ring (bicyclic) bond motifs is 1. The highest BCUT2D eigenvalue weighted by molar-refractivity contribution is 5.21. The van der Waals surface area contributed by atoms with Crippen LogP contribution in [0.5, 0.6) is 5.75 Å². The Labute approximate surface area is 132 Å². The highest BCUT2D eigenvalue weighted by Gasteiger charge is 2.37. The second-order valence-corrected chi connectivity index (χ2v) is 6.56. The van der Waals surface area contributed by atoms with Crippen LogP contribution in [0.4, 0.5) is 4.39 Å². The lowest BCUT2D eigenvalue weighted by Gasteiger charge is -2.46. The lowest BCUT2D eigenvalue weighted by molar-refractivity contribution is -0.0369. The van der Waals surface area contributed by atoms with Crippen LogP contribution < -0.4 is 4.74 Å². The average Bonchev–Trinajstić information content (AvgIpc) is 2.55. The average molecular weight is 307 g/mol. The van der Waals surface area contributed by atoms with E-state index in [1.165, 1.54) is 37.8 Å². The first kappa shape index (κ1) is 15.8. The maximum absolute atomic E-state index is 12.8. The number of likely N-dealkylation sites (tertiary alicyclic amines) is 1. The number of hydrogen-bond donors (Lipinski definition) is 1. The third kappa shape index (κ3) is 3.79. The summed E-state index contributed by atoms with van der Waals surface area (Å²) in [6, 6.07) is 6.75. The summed E-state index contributed by atoms with van der Waals surface area (Å²) in [5.41, 5.74) is 0. The molecule has 0 amide bonds. The van der Waals surface area contributed by atoms with Crippen molar-refractivity contribution in [1.29, 1.82) is 0 Å². The topological polar surface area (TPSA) is 32.7 Å². The van der Waals surface area contributed by atoms with Crippen molar-refractivity contribution in [2.75, 3.05) is 19.7 Å². The second-order valence-electron chi connectivity index (χ2n) is 6.56. The van der Waals surface area contributed by atoms with E-state index in [2.05, 4.69) is 4.90 Å². The molecule has 1 aliphatic carbocycles. The van der Waals surface area contributed by atoms with E-state index in [1.807, 2.05) is 0 Å². The van der Waals surface area contributed by atoms with Gasteiger partial charge in [-0.1, -0.05) is 12.8 Å². The molecule has 2 aliphatic rings. The van der Waals surface area contributed by atoms with Crippen LogP contribution in [0.15, 0.2) is 24.3 Å². The number of piperidine rings is 1. The summed E-state index contributed by atoms with van der Waals surface area (Å²) < 4.78 is 18.5. The summed E-state index contributed by atoms with van der Waals surface area (Å²) in [7, 11) is 0. The third-order valence-corrected chi connectivity index (χ3v) is 5.13. The molecular formula is C18H26FNO2. The largest absolute Gasteiger partial charge is 0.494 e. The first-order chi connectivity index (χ1) is 10.7. The highest BCUT2D eigenvalue weighted by Crippen LogP contribution is 2.35. The molecule has 2 fully saturated rings. The van der Waals surface area contributed by atoms with Gasteiger partial charge in [-0.3, -0.25) is 4.90 Å². The van der Waals surface area contributed by atoms with E-state index in [0.29, 0.717) is 18.6 Å². The van der Waals surface area contributed by atoms with Gasteiger partial charge < -0.3 is 9.84 Å². The van der Waals surface area contributed by atoms with E-state index < -0.39 is 0 Å². The predicted octanol–water partition coefficient (Wildman–Crippen LogP) is 3.22. The summed E-state index contributed by atoms with van der Waals surface area (Å²) >= 11 is 0. The molecule has 1 aromatic rings. The summed E-state index contributed by atoms with van der Waals surface area (Å²) in [6.07, 6.45) is 6.72. The van der Waals surface area contributed by atoms with E-state index in [4.69, 9.17) is 4.74 Å². The number of halogens is 1. The van der Waals surface area contributed by atoms with E-state index in [1.54, 1.807) is 12.1 Å². The maximum atomic E-state index is 12.8. The molecule has 4 heteroatoms. The molecule has 22 heavy (non-hydrogen) atoms. The third-order valence-electron chi connectivity index (χ3n) is 5.13. The molecule has 0 aromatic heterocycles. The summed E-state index contributed by atoms with van der Waals surface area (Å²) in [4.78, 5) is 2.55. The molecule has 3 atom stereocenters. The quantitative estimate of drug-likeness (QED) is 0.848. The van der Waals surface area contributed by atoms with E-state index in [-0.39, 0.29) is 11.9 Å². The molecule has 3 unspecified atom stereocenters. The Balaban J connectivity index is 1.43. The van der Waals surface area contributed by atoms with Gasteiger partial charge in [0.2, 0.25) is 0 Å². The minimum Gasteiger partial charge on any atom is -0.494 e. The van der Waals surface area contributed by atoms with Crippen LogP contribution in [-0.2, 0) is 0 Å². The number of hydrogen-bond acceptors (Lipinski definition) is 3. The van der Waals surface area contributed by atoms with Crippen LogP contribution >= 0.6 is 0 Å².